The lowest BCUT2D eigenvalue weighted by Gasteiger charge is -2.26. The second-order valence-corrected chi connectivity index (χ2v) is 9.86. The van der Waals surface area contributed by atoms with Crippen LogP contribution >= 0.6 is 12.6 Å². The maximum atomic E-state index is 13.4. The Hall–Kier alpha value is -2.79. The zero-order valence-corrected chi connectivity index (χ0v) is 18.0. The highest BCUT2D eigenvalue weighted by atomic mass is 32.2. The topological polar surface area (TPSA) is 114 Å². The molecule has 0 radical (unpaired) electrons. The molecule has 2 N–H and O–H groups in total. The summed E-state index contributed by atoms with van der Waals surface area (Å²) in [7, 11) is -4.02. The largest absolute Gasteiger partial charge is 0.276 e. The van der Waals surface area contributed by atoms with Crippen LogP contribution in [0.2, 0.25) is 0 Å². The van der Waals surface area contributed by atoms with E-state index < -0.39 is 27.9 Å². The maximum Gasteiger partial charge on any atom is 0.276 e. The summed E-state index contributed by atoms with van der Waals surface area (Å²) >= 11 is 4.39. The average molecular weight is 457 g/mol. The van der Waals surface area contributed by atoms with Crippen LogP contribution in [0, 0.1) is 0 Å². The Kier molecular flexibility index (Phi) is 5.80. The molecule has 0 saturated carbocycles. The molecule has 2 aromatic carbocycles. The maximum absolute atomic E-state index is 13.4. The number of benzene rings is 2. The molecule has 1 aliphatic heterocycles. The van der Waals surface area contributed by atoms with Gasteiger partial charge in [-0.25, -0.2) is 19.3 Å². The number of aromatic nitrogens is 1. The summed E-state index contributed by atoms with van der Waals surface area (Å²) < 4.78 is 27.8. The van der Waals surface area contributed by atoms with E-state index >= 15 is 0 Å². The van der Waals surface area contributed by atoms with Gasteiger partial charge in [0.25, 0.3) is 11.8 Å². The molecule has 160 valence electrons. The summed E-state index contributed by atoms with van der Waals surface area (Å²) in [6.45, 7) is 0.0314. The van der Waals surface area contributed by atoms with Crippen LogP contribution in [0.15, 0.2) is 71.9 Å². The smallest absolute Gasteiger partial charge is 0.271 e. The molecule has 2 atom stereocenters. The minimum Gasteiger partial charge on any atom is -0.271 e. The molecule has 31 heavy (non-hydrogen) atoms. The highest BCUT2D eigenvalue weighted by molar-refractivity contribution is 7.89. The van der Waals surface area contributed by atoms with Crippen molar-refractivity contribution >= 4 is 45.2 Å². The molecule has 2 amide bonds. The lowest BCUT2D eigenvalue weighted by atomic mass is 10.1. The molecule has 0 bridgehead atoms. The Bertz CT molecular complexity index is 1250. The van der Waals surface area contributed by atoms with Gasteiger partial charge in [0.05, 0.1) is 10.5 Å². The first-order chi connectivity index (χ1) is 14.8. The quantitative estimate of drug-likeness (QED) is 0.204. The number of imide groups is 1. The van der Waals surface area contributed by atoms with Crippen LogP contribution in [0.4, 0.5) is 0 Å². The van der Waals surface area contributed by atoms with Gasteiger partial charge in [-0.3, -0.25) is 14.6 Å². The zero-order valence-electron chi connectivity index (χ0n) is 16.3. The molecule has 4 rings (SSSR count). The van der Waals surface area contributed by atoms with E-state index in [2.05, 4.69) is 17.6 Å². The van der Waals surface area contributed by atoms with Crippen molar-refractivity contribution in [1.29, 1.82) is 0 Å². The molecule has 0 aliphatic carbocycles. The minimum atomic E-state index is -4.02. The number of amides is 2. The van der Waals surface area contributed by atoms with Crippen molar-refractivity contribution in [3.63, 3.8) is 0 Å². The number of nitrogens with two attached hydrogens (primary N) is 1. The SMILES string of the molecule is NN(C(=O)c1cccnc1)C(=O)[C@@H]1C[C@@H](S)CN1S(=O)(=O)c1ccc2ccccc2c1. The standard InChI is InChI=1S/C21H20N4O4S2/c22-25(20(26)16-6-3-9-23-12-16)21(27)19-11-17(30)13-24(19)31(28,29)18-8-7-14-4-1-2-5-15(14)10-18/h1-10,12,17,19,30H,11,13,22H2/t17-,19+/m1/s1. The van der Waals surface area contributed by atoms with Gasteiger partial charge in [-0.1, -0.05) is 30.3 Å². The molecule has 1 aliphatic rings. The number of hydrogen-bond acceptors (Lipinski definition) is 7. The first-order valence-electron chi connectivity index (χ1n) is 9.51. The number of rotatable bonds is 4. The predicted octanol–water partition coefficient (Wildman–Crippen LogP) is 1.84. The van der Waals surface area contributed by atoms with Crippen LogP contribution in [0.5, 0.6) is 0 Å². The fraction of sp³-hybridized carbons (Fsp3) is 0.190. The molecule has 0 spiro atoms. The van der Waals surface area contributed by atoms with Crippen LogP contribution in [0.25, 0.3) is 10.8 Å². The van der Waals surface area contributed by atoms with E-state index in [4.69, 9.17) is 5.84 Å². The van der Waals surface area contributed by atoms with Crippen molar-refractivity contribution in [2.75, 3.05) is 6.54 Å². The van der Waals surface area contributed by atoms with Crippen molar-refractivity contribution < 1.29 is 18.0 Å². The number of sulfonamides is 1. The third-order valence-electron chi connectivity index (χ3n) is 5.21. The highest BCUT2D eigenvalue weighted by Crippen LogP contribution is 2.31. The van der Waals surface area contributed by atoms with Crippen molar-refractivity contribution in [2.45, 2.75) is 22.6 Å². The van der Waals surface area contributed by atoms with Gasteiger partial charge in [-0.05, 0) is 41.5 Å². The average Bonchev–Trinajstić information content (AvgIpc) is 3.20. The Labute approximate surface area is 185 Å². The highest BCUT2D eigenvalue weighted by Gasteiger charge is 2.45. The van der Waals surface area contributed by atoms with E-state index in [1.165, 1.54) is 24.5 Å². The normalized spacial score (nSPS) is 19.4. The predicted molar refractivity (Wildman–Crippen MR) is 119 cm³/mol. The van der Waals surface area contributed by atoms with E-state index in [0.29, 0.717) is 5.01 Å². The fourth-order valence-electron chi connectivity index (χ4n) is 3.63. The zero-order chi connectivity index (χ0) is 22.2. The molecule has 1 fully saturated rings. The molecule has 3 aromatic rings. The van der Waals surface area contributed by atoms with E-state index in [9.17, 15) is 18.0 Å². The summed E-state index contributed by atoms with van der Waals surface area (Å²) in [5.74, 6) is 4.23. The third kappa shape index (κ3) is 4.07. The van der Waals surface area contributed by atoms with Crippen molar-refractivity contribution in [3.05, 3.63) is 72.6 Å². The van der Waals surface area contributed by atoms with Gasteiger partial charge in [0.1, 0.15) is 6.04 Å². The Morgan fingerprint density at radius 3 is 2.55 bits per heavy atom. The van der Waals surface area contributed by atoms with Gasteiger partial charge in [0.15, 0.2) is 0 Å². The van der Waals surface area contributed by atoms with Gasteiger partial charge in [-0.15, -0.1) is 0 Å². The van der Waals surface area contributed by atoms with Gasteiger partial charge in [-0.2, -0.15) is 16.9 Å². The Morgan fingerprint density at radius 2 is 1.84 bits per heavy atom. The van der Waals surface area contributed by atoms with Gasteiger partial charge in [0, 0.05) is 24.2 Å². The number of thiol groups is 1. The van der Waals surface area contributed by atoms with Crippen LogP contribution < -0.4 is 5.84 Å². The summed E-state index contributed by atoms with van der Waals surface area (Å²) in [5, 5.41) is 1.75. The van der Waals surface area contributed by atoms with Crippen molar-refractivity contribution in [2.24, 2.45) is 5.84 Å². The van der Waals surface area contributed by atoms with Crippen molar-refractivity contribution in [1.82, 2.24) is 14.3 Å². The second-order valence-electron chi connectivity index (χ2n) is 7.24. The monoisotopic (exact) mass is 456 g/mol. The second kappa shape index (κ2) is 8.39. The first kappa shape index (κ1) is 21.4. The Morgan fingerprint density at radius 1 is 1.10 bits per heavy atom. The Balaban J connectivity index is 1.64. The first-order valence-corrected chi connectivity index (χ1v) is 11.5. The lowest BCUT2D eigenvalue weighted by Crippen LogP contribution is -2.52. The number of carbonyl (C=O) groups is 2. The number of hydrazine groups is 1. The van der Waals surface area contributed by atoms with Gasteiger partial charge < -0.3 is 0 Å². The number of hydrogen-bond donors (Lipinski definition) is 2. The molecule has 1 saturated heterocycles. The molecule has 8 nitrogen and oxygen atoms in total. The number of fused-ring (bicyclic) bond motifs is 1. The van der Waals surface area contributed by atoms with Crippen LogP contribution in [0.1, 0.15) is 16.8 Å². The molecule has 1 aromatic heterocycles. The molecule has 2 heterocycles. The van der Waals surface area contributed by atoms with Crippen LogP contribution in [-0.2, 0) is 14.8 Å². The lowest BCUT2D eigenvalue weighted by molar-refractivity contribution is -0.132. The summed E-state index contributed by atoms with van der Waals surface area (Å²) in [4.78, 5) is 29.5. The number of carbonyl (C=O) groups excluding carboxylic acids is 2. The van der Waals surface area contributed by atoms with E-state index in [1.807, 2.05) is 24.3 Å². The van der Waals surface area contributed by atoms with Crippen LogP contribution in [-0.4, -0.2) is 52.4 Å². The minimum absolute atomic E-state index is 0.0314. The molecule has 0 unspecified atom stereocenters. The van der Waals surface area contributed by atoms with Crippen molar-refractivity contribution in [3.8, 4) is 0 Å². The number of pyridine rings is 1. The van der Waals surface area contributed by atoms with Crippen LogP contribution in [0.3, 0.4) is 0 Å². The van der Waals surface area contributed by atoms with Gasteiger partial charge in [0.2, 0.25) is 10.0 Å². The number of nitrogens with zero attached hydrogens (tertiary/aromatic N) is 3. The summed E-state index contributed by atoms with van der Waals surface area (Å²) in [6.07, 6.45) is 2.91. The van der Waals surface area contributed by atoms with E-state index in [1.54, 1.807) is 18.2 Å². The third-order valence-corrected chi connectivity index (χ3v) is 7.46. The van der Waals surface area contributed by atoms with Gasteiger partial charge >= 0.3 is 0 Å². The summed E-state index contributed by atoms with van der Waals surface area (Å²) in [6, 6.07) is 14.1. The summed E-state index contributed by atoms with van der Waals surface area (Å²) in [5.41, 5.74) is 0.128. The molecule has 10 heteroatoms. The fourth-order valence-corrected chi connectivity index (χ4v) is 5.79. The van der Waals surface area contributed by atoms with E-state index in [0.717, 1.165) is 15.1 Å². The molecular weight excluding hydrogens is 436 g/mol. The molecular formula is C21H20N4O4S2. The van der Waals surface area contributed by atoms with E-state index in [-0.39, 0.29) is 28.7 Å².